The molecule has 1 saturated carbocycles. The maximum atomic E-state index is 4.39. The fourth-order valence-corrected chi connectivity index (χ4v) is 3.17. The van der Waals surface area contributed by atoms with E-state index in [0.29, 0.717) is 0 Å². The highest BCUT2D eigenvalue weighted by Crippen LogP contribution is 2.45. The first kappa shape index (κ1) is 13.4. The summed E-state index contributed by atoms with van der Waals surface area (Å²) in [6.45, 7) is 8.65. The molecule has 98 valence electrons. The van der Waals surface area contributed by atoms with Crippen LogP contribution in [0.5, 0.6) is 0 Å². The van der Waals surface area contributed by atoms with Gasteiger partial charge in [-0.3, -0.25) is 0 Å². The van der Waals surface area contributed by atoms with Crippen LogP contribution in [-0.4, -0.2) is 13.1 Å². The largest absolute Gasteiger partial charge is 0.313 e. The van der Waals surface area contributed by atoms with Crippen molar-refractivity contribution >= 4 is 0 Å². The van der Waals surface area contributed by atoms with E-state index >= 15 is 0 Å². The third-order valence-electron chi connectivity index (χ3n) is 4.23. The molecule has 18 heavy (non-hydrogen) atoms. The summed E-state index contributed by atoms with van der Waals surface area (Å²) in [6, 6.07) is 11.0. The zero-order valence-corrected chi connectivity index (χ0v) is 11.5. The molecule has 1 aliphatic rings. The second-order valence-corrected chi connectivity index (χ2v) is 5.44. The van der Waals surface area contributed by atoms with Gasteiger partial charge in [0.15, 0.2) is 0 Å². The van der Waals surface area contributed by atoms with E-state index < -0.39 is 0 Å². The first-order chi connectivity index (χ1) is 8.79. The zero-order chi connectivity index (χ0) is 12.8. The van der Waals surface area contributed by atoms with Gasteiger partial charge < -0.3 is 5.32 Å². The first-order valence-electron chi connectivity index (χ1n) is 7.24. The fourth-order valence-electron chi connectivity index (χ4n) is 3.17. The molecule has 0 aromatic heterocycles. The molecule has 1 aromatic rings. The first-order valence-corrected chi connectivity index (χ1v) is 7.24. The van der Waals surface area contributed by atoms with E-state index in [2.05, 4.69) is 49.2 Å². The lowest BCUT2D eigenvalue weighted by atomic mass is 9.73. The smallest absolute Gasteiger partial charge is 0.0171 e. The maximum absolute atomic E-state index is 4.39. The van der Waals surface area contributed by atoms with Crippen molar-refractivity contribution in [3.63, 3.8) is 0 Å². The van der Waals surface area contributed by atoms with Gasteiger partial charge in [0.25, 0.3) is 0 Å². The number of nitrogens with one attached hydrogen (secondary N) is 1. The highest BCUT2D eigenvalue weighted by atomic mass is 14.8. The minimum atomic E-state index is 0.238. The lowest BCUT2D eigenvalue weighted by Gasteiger charge is -2.32. The van der Waals surface area contributed by atoms with E-state index in [1.165, 1.54) is 43.2 Å². The van der Waals surface area contributed by atoms with Gasteiger partial charge in [0.1, 0.15) is 0 Å². The second kappa shape index (κ2) is 6.19. The molecular formula is C17H25N. The van der Waals surface area contributed by atoms with Crippen LogP contribution < -0.4 is 5.32 Å². The van der Waals surface area contributed by atoms with Crippen molar-refractivity contribution in [2.75, 3.05) is 13.1 Å². The Kier molecular flexibility index (Phi) is 4.60. The van der Waals surface area contributed by atoms with Crippen molar-refractivity contribution in [2.24, 2.45) is 0 Å². The quantitative estimate of drug-likeness (QED) is 0.587. The van der Waals surface area contributed by atoms with Crippen molar-refractivity contribution in [2.45, 2.75) is 44.4 Å². The summed E-state index contributed by atoms with van der Waals surface area (Å²) in [6.07, 6.45) is 6.39. The van der Waals surface area contributed by atoms with Crippen LogP contribution in [0.2, 0.25) is 0 Å². The third-order valence-corrected chi connectivity index (χ3v) is 4.23. The molecule has 0 saturated heterocycles. The van der Waals surface area contributed by atoms with E-state index in [1.807, 2.05) is 0 Å². The van der Waals surface area contributed by atoms with E-state index in [1.54, 1.807) is 0 Å². The lowest BCUT2D eigenvalue weighted by Crippen LogP contribution is -2.31. The van der Waals surface area contributed by atoms with Crippen LogP contribution in [0.4, 0.5) is 0 Å². The Morgan fingerprint density at radius 1 is 1.22 bits per heavy atom. The Hall–Kier alpha value is -1.08. The van der Waals surface area contributed by atoms with E-state index in [4.69, 9.17) is 0 Å². The molecule has 1 aliphatic carbocycles. The summed E-state index contributed by atoms with van der Waals surface area (Å²) >= 11 is 0. The van der Waals surface area contributed by atoms with Gasteiger partial charge >= 0.3 is 0 Å². The Morgan fingerprint density at radius 3 is 2.50 bits per heavy atom. The van der Waals surface area contributed by atoms with Crippen molar-refractivity contribution < 1.29 is 0 Å². The van der Waals surface area contributed by atoms with Gasteiger partial charge in [-0.1, -0.05) is 62.2 Å². The van der Waals surface area contributed by atoms with Crippen LogP contribution in [0, 0.1) is 0 Å². The third kappa shape index (κ3) is 2.67. The minimum Gasteiger partial charge on any atom is -0.313 e. The van der Waals surface area contributed by atoms with Crippen LogP contribution in [0.25, 0.3) is 0 Å². The lowest BCUT2D eigenvalue weighted by molar-refractivity contribution is 0.499. The highest BCUT2D eigenvalue weighted by molar-refractivity contribution is 5.37. The van der Waals surface area contributed by atoms with Crippen LogP contribution in [-0.2, 0) is 5.41 Å². The molecule has 0 amide bonds. The molecule has 1 heteroatoms. The van der Waals surface area contributed by atoms with Crippen molar-refractivity contribution in [1.82, 2.24) is 5.32 Å². The molecule has 1 N–H and O–H groups in total. The van der Waals surface area contributed by atoms with Crippen LogP contribution in [0.3, 0.4) is 0 Å². The van der Waals surface area contributed by atoms with Crippen LogP contribution in [0.15, 0.2) is 42.5 Å². The molecule has 0 radical (unpaired) electrons. The van der Waals surface area contributed by atoms with E-state index in [9.17, 15) is 0 Å². The van der Waals surface area contributed by atoms with E-state index in [0.717, 1.165) is 13.1 Å². The average molecular weight is 243 g/mol. The van der Waals surface area contributed by atoms with Crippen molar-refractivity contribution in [1.29, 1.82) is 0 Å². The van der Waals surface area contributed by atoms with Crippen molar-refractivity contribution in [3.8, 4) is 0 Å². The molecule has 0 unspecified atom stereocenters. The maximum Gasteiger partial charge on any atom is 0.0171 e. The standard InChI is InChI=1S/C17H25N/c1-3-13-18-14-15(2)17(11-7-8-12-17)16-9-5-4-6-10-16/h4-6,9-10,18H,2-3,7-8,11-14H2,1H3. The normalized spacial score (nSPS) is 17.8. The second-order valence-electron chi connectivity index (χ2n) is 5.44. The van der Waals surface area contributed by atoms with E-state index in [-0.39, 0.29) is 5.41 Å². The summed E-state index contributed by atoms with van der Waals surface area (Å²) in [5.74, 6) is 0. The Balaban J connectivity index is 2.14. The summed E-state index contributed by atoms with van der Waals surface area (Å²) < 4.78 is 0. The fraction of sp³-hybridized carbons (Fsp3) is 0.529. The van der Waals surface area contributed by atoms with Crippen LogP contribution >= 0.6 is 0 Å². The summed E-state index contributed by atoms with van der Waals surface area (Å²) in [5, 5.41) is 3.51. The molecule has 0 bridgehead atoms. The summed E-state index contributed by atoms with van der Waals surface area (Å²) in [5.41, 5.74) is 3.08. The Morgan fingerprint density at radius 2 is 1.89 bits per heavy atom. The summed E-state index contributed by atoms with van der Waals surface area (Å²) in [4.78, 5) is 0. The number of hydrogen-bond donors (Lipinski definition) is 1. The molecule has 0 aliphatic heterocycles. The van der Waals surface area contributed by atoms with Gasteiger partial charge in [-0.2, -0.15) is 0 Å². The van der Waals surface area contributed by atoms with Gasteiger partial charge in [-0.05, 0) is 31.4 Å². The Bertz CT molecular complexity index is 374. The monoisotopic (exact) mass is 243 g/mol. The summed E-state index contributed by atoms with van der Waals surface area (Å²) in [7, 11) is 0. The SMILES string of the molecule is C=C(CNCCC)C1(c2ccccc2)CCCC1. The van der Waals surface area contributed by atoms with Gasteiger partial charge in [0.05, 0.1) is 0 Å². The molecule has 1 fully saturated rings. The predicted octanol–water partition coefficient (Wildman–Crippen LogP) is 4.05. The molecule has 1 nitrogen and oxygen atoms in total. The molecular weight excluding hydrogens is 218 g/mol. The molecule has 1 aromatic carbocycles. The number of benzene rings is 1. The molecule has 0 atom stereocenters. The Labute approximate surface area is 111 Å². The molecule has 2 rings (SSSR count). The minimum absolute atomic E-state index is 0.238. The van der Waals surface area contributed by atoms with Gasteiger partial charge in [-0.25, -0.2) is 0 Å². The van der Waals surface area contributed by atoms with Gasteiger partial charge in [0, 0.05) is 12.0 Å². The number of rotatable bonds is 6. The van der Waals surface area contributed by atoms with Gasteiger partial charge in [0.2, 0.25) is 0 Å². The highest BCUT2D eigenvalue weighted by Gasteiger charge is 2.37. The van der Waals surface area contributed by atoms with Crippen molar-refractivity contribution in [3.05, 3.63) is 48.0 Å². The molecule has 0 heterocycles. The molecule has 0 spiro atoms. The topological polar surface area (TPSA) is 12.0 Å². The zero-order valence-electron chi connectivity index (χ0n) is 11.5. The number of hydrogen-bond acceptors (Lipinski definition) is 1. The van der Waals surface area contributed by atoms with Crippen LogP contribution in [0.1, 0.15) is 44.6 Å². The average Bonchev–Trinajstić information content (AvgIpc) is 2.90. The predicted molar refractivity (Wildman–Crippen MR) is 78.9 cm³/mol. The van der Waals surface area contributed by atoms with Gasteiger partial charge in [-0.15, -0.1) is 0 Å².